The quantitative estimate of drug-likeness (QED) is 0.362. The summed E-state index contributed by atoms with van der Waals surface area (Å²) in [5, 5.41) is 0. The first-order chi connectivity index (χ1) is 7.59. The fourth-order valence-corrected chi connectivity index (χ4v) is 3.13. The lowest BCUT2D eigenvalue weighted by atomic mass is 9.82. The molecular weight excluding hydrogens is 220 g/mol. The van der Waals surface area contributed by atoms with Crippen LogP contribution >= 0.6 is 0 Å². The van der Waals surface area contributed by atoms with Crippen LogP contribution in [0.4, 0.5) is 17.6 Å². The van der Waals surface area contributed by atoms with Crippen molar-refractivity contribution >= 4 is 0 Å². The first-order valence-corrected chi connectivity index (χ1v) is 5.44. The average Bonchev–Trinajstić information content (AvgIpc) is 2.65. The predicted molar refractivity (Wildman–Crippen MR) is 50.1 cm³/mol. The Morgan fingerprint density at radius 3 is 2.25 bits per heavy atom. The number of benzene rings is 1. The molecule has 0 amide bonds. The zero-order chi connectivity index (χ0) is 11.4. The van der Waals surface area contributed by atoms with Crippen molar-refractivity contribution in [3.63, 3.8) is 0 Å². The molecule has 3 rings (SSSR count). The van der Waals surface area contributed by atoms with E-state index in [9.17, 15) is 17.6 Å². The van der Waals surface area contributed by atoms with Crippen molar-refractivity contribution in [2.45, 2.75) is 31.6 Å². The lowest BCUT2D eigenvalue weighted by Gasteiger charge is -2.24. The van der Waals surface area contributed by atoms with Crippen LogP contribution in [0.15, 0.2) is 0 Å². The van der Waals surface area contributed by atoms with Gasteiger partial charge in [-0.2, -0.15) is 0 Å². The van der Waals surface area contributed by atoms with Gasteiger partial charge in [-0.15, -0.1) is 0 Å². The Morgan fingerprint density at radius 2 is 1.50 bits per heavy atom. The van der Waals surface area contributed by atoms with E-state index in [2.05, 4.69) is 0 Å². The molecule has 1 fully saturated rings. The third-order valence-corrected chi connectivity index (χ3v) is 3.85. The summed E-state index contributed by atoms with van der Waals surface area (Å²) >= 11 is 0. The Bertz CT molecular complexity index is 467. The molecule has 2 aliphatic rings. The minimum Gasteiger partial charge on any atom is -0.203 e. The van der Waals surface area contributed by atoms with E-state index >= 15 is 0 Å². The molecule has 0 saturated heterocycles. The van der Waals surface area contributed by atoms with Gasteiger partial charge in [0, 0.05) is 5.56 Å². The molecule has 0 aliphatic heterocycles. The molecule has 2 bridgehead atoms. The van der Waals surface area contributed by atoms with E-state index in [1.54, 1.807) is 0 Å². The molecule has 4 heteroatoms. The second-order valence-electron chi connectivity index (χ2n) is 4.73. The van der Waals surface area contributed by atoms with Crippen LogP contribution in [0.1, 0.15) is 36.3 Å². The number of rotatable bonds is 0. The zero-order valence-electron chi connectivity index (χ0n) is 8.49. The summed E-state index contributed by atoms with van der Waals surface area (Å²) in [5.74, 6) is -5.53. The third-order valence-electron chi connectivity index (χ3n) is 3.85. The van der Waals surface area contributed by atoms with Crippen LogP contribution < -0.4 is 0 Å². The highest BCUT2D eigenvalue weighted by Gasteiger charge is 2.39. The first-order valence-electron chi connectivity index (χ1n) is 5.44. The van der Waals surface area contributed by atoms with Gasteiger partial charge < -0.3 is 0 Å². The van der Waals surface area contributed by atoms with Crippen molar-refractivity contribution in [1.29, 1.82) is 0 Å². The van der Waals surface area contributed by atoms with Crippen molar-refractivity contribution in [3.05, 3.63) is 34.4 Å². The SMILES string of the molecule is Fc1c(F)c(F)c2c(c1F)CC1CCC2C1. The van der Waals surface area contributed by atoms with E-state index < -0.39 is 23.3 Å². The monoisotopic (exact) mass is 230 g/mol. The van der Waals surface area contributed by atoms with Crippen LogP contribution in [-0.4, -0.2) is 0 Å². The van der Waals surface area contributed by atoms with E-state index in [-0.39, 0.29) is 17.0 Å². The lowest BCUT2D eigenvalue weighted by Crippen LogP contribution is -2.17. The van der Waals surface area contributed by atoms with E-state index in [1.165, 1.54) is 0 Å². The number of hydrogen-bond acceptors (Lipinski definition) is 0. The minimum atomic E-state index is -1.67. The van der Waals surface area contributed by atoms with E-state index in [1.807, 2.05) is 0 Å². The Hall–Kier alpha value is -1.06. The number of fused-ring (bicyclic) bond motifs is 4. The van der Waals surface area contributed by atoms with Gasteiger partial charge in [0.1, 0.15) is 0 Å². The van der Waals surface area contributed by atoms with Gasteiger partial charge in [0.25, 0.3) is 0 Å². The second-order valence-corrected chi connectivity index (χ2v) is 4.73. The highest BCUT2D eigenvalue weighted by Crippen LogP contribution is 2.48. The fourth-order valence-electron chi connectivity index (χ4n) is 3.13. The zero-order valence-corrected chi connectivity index (χ0v) is 8.49. The van der Waals surface area contributed by atoms with Crippen LogP contribution in [-0.2, 0) is 6.42 Å². The molecule has 1 aromatic carbocycles. The highest BCUT2D eigenvalue weighted by atomic mass is 19.2. The molecule has 16 heavy (non-hydrogen) atoms. The molecule has 0 aromatic heterocycles. The highest BCUT2D eigenvalue weighted by molar-refractivity contribution is 5.38. The number of hydrogen-bond donors (Lipinski definition) is 0. The Morgan fingerprint density at radius 1 is 0.812 bits per heavy atom. The summed E-state index contributed by atoms with van der Waals surface area (Å²) in [4.78, 5) is 0. The summed E-state index contributed by atoms with van der Waals surface area (Å²) in [7, 11) is 0. The van der Waals surface area contributed by atoms with Gasteiger partial charge >= 0.3 is 0 Å². The minimum absolute atomic E-state index is 0.0650. The third kappa shape index (κ3) is 1.16. The van der Waals surface area contributed by atoms with Crippen molar-refractivity contribution < 1.29 is 17.6 Å². The smallest absolute Gasteiger partial charge is 0.197 e. The summed E-state index contributed by atoms with van der Waals surface area (Å²) in [6.07, 6.45) is 2.75. The number of halogens is 4. The van der Waals surface area contributed by atoms with Crippen LogP contribution in [0.2, 0.25) is 0 Å². The summed E-state index contributed by atoms with van der Waals surface area (Å²) in [6.45, 7) is 0. The van der Waals surface area contributed by atoms with Gasteiger partial charge in [0.15, 0.2) is 23.3 Å². The van der Waals surface area contributed by atoms with E-state index in [4.69, 9.17) is 0 Å². The van der Waals surface area contributed by atoms with Gasteiger partial charge in [-0.3, -0.25) is 0 Å². The Kier molecular flexibility index (Phi) is 2.03. The molecule has 1 aromatic rings. The van der Waals surface area contributed by atoms with Gasteiger partial charge in [0.05, 0.1) is 0 Å². The molecule has 0 N–H and O–H groups in total. The standard InChI is InChI=1S/C12H10F4/c13-9-7-4-5-1-2-6(3-5)8(7)10(14)12(16)11(9)15/h5-6H,1-4H2. The van der Waals surface area contributed by atoms with Crippen molar-refractivity contribution in [2.24, 2.45) is 5.92 Å². The maximum atomic E-state index is 13.6. The molecule has 1 saturated carbocycles. The predicted octanol–water partition coefficient (Wildman–Crippen LogP) is 3.68. The molecule has 0 heterocycles. The van der Waals surface area contributed by atoms with Crippen LogP contribution in [0.5, 0.6) is 0 Å². The molecule has 0 spiro atoms. The van der Waals surface area contributed by atoms with E-state index in [0.717, 1.165) is 19.3 Å². The van der Waals surface area contributed by atoms with Gasteiger partial charge in [-0.25, -0.2) is 17.6 Å². The van der Waals surface area contributed by atoms with Crippen LogP contribution in [0, 0.1) is 29.2 Å². The fraction of sp³-hybridized carbons (Fsp3) is 0.500. The first kappa shape index (κ1) is 10.1. The lowest BCUT2D eigenvalue weighted by molar-refractivity contribution is 0.378. The molecule has 2 aliphatic carbocycles. The van der Waals surface area contributed by atoms with Crippen molar-refractivity contribution in [3.8, 4) is 0 Å². The topological polar surface area (TPSA) is 0 Å². The largest absolute Gasteiger partial charge is 0.203 e. The molecule has 86 valence electrons. The Labute approximate surface area is 90.3 Å². The Balaban J connectivity index is 2.29. The van der Waals surface area contributed by atoms with Crippen LogP contribution in [0.3, 0.4) is 0 Å². The van der Waals surface area contributed by atoms with Crippen LogP contribution in [0.25, 0.3) is 0 Å². The maximum Gasteiger partial charge on any atom is 0.197 e. The molecule has 2 atom stereocenters. The maximum absolute atomic E-state index is 13.6. The molecule has 0 radical (unpaired) electrons. The molecular formula is C12H10F4. The normalized spacial score (nSPS) is 27.0. The molecule has 2 unspecified atom stereocenters. The second kappa shape index (κ2) is 3.22. The average molecular weight is 230 g/mol. The van der Waals surface area contributed by atoms with Crippen molar-refractivity contribution in [2.75, 3.05) is 0 Å². The van der Waals surface area contributed by atoms with Gasteiger partial charge in [-0.1, -0.05) is 0 Å². The molecule has 0 nitrogen and oxygen atoms in total. The van der Waals surface area contributed by atoms with E-state index in [0.29, 0.717) is 12.3 Å². The van der Waals surface area contributed by atoms with Gasteiger partial charge in [0.2, 0.25) is 0 Å². The summed E-state index contributed by atoms with van der Waals surface area (Å²) in [5.41, 5.74) is 0.153. The van der Waals surface area contributed by atoms with Crippen molar-refractivity contribution in [1.82, 2.24) is 0 Å². The summed E-state index contributed by atoms with van der Waals surface area (Å²) < 4.78 is 53.3. The van der Waals surface area contributed by atoms with Gasteiger partial charge in [-0.05, 0) is 43.1 Å². The summed E-state index contributed by atoms with van der Waals surface area (Å²) in [6, 6.07) is 0.